The van der Waals surface area contributed by atoms with Crippen LogP contribution in [0.4, 0.5) is 5.69 Å². The molecule has 1 aliphatic heterocycles. The molecule has 2 rings (SSSR count). The minimum absolute atomic E-state index is 0.0999. The summed E-state index contributed by atoms with van der Waals surface area (Å²) in [4.78, 5) is 2.50. The number of para-hydroxylation sites is 1. The standard InChI is InChI=1S/C17H28N2O/c1-4-20-17(2,3)14-18-13-15-9-5-6-10-16(15)19-11-7-8-12-19/h5-6,9-10,18H,4,7-8,11-14H2,1-3H3. The van der Waals surface area contributed by atoms with Crippen molar-refractivity contribution in [2.45, 2.75) is 45.8 Å². The molecule has 1 fully saturated rings. The molecule has 112 valence electrons. The molecule has 3 heteroatoms. The van der Waals surface area contributed by atoms with Gasteiger partial charge in [0.15, 0.2) is 0 Å². The number of anilines is 1. The molecule has 0 amide bonds. The first kappa shape index (κ1) is 15.3. The van der Waals surface area contributed by atoms with Crippen molar-refractivity contribution in [2.24, 2.45) is 0 Å². The summed E-state index contributed by atoms with van der Waals surface area (Å²) in [6.45, 7) is 11.2. The SMILES string of the molecule is CCOC(C)(C)CNCc1ccccc1N1CCCC1. The van der Waals surface area contributed by atoms with Crippen LogP contribution >= 0.6 is 0 Å². The second-order valence-corrected chi connectivity index (χ2v) is 6.12. The van der Waals surface area contributed by atoms with Gasteiger partial charge in [0.1, 0.15) is 0 Å². The number of rotatable bonds is 7. The van der Waals surface area contributed by atoms with E-state index in [1.165, 1.54) is 37.2 Å². The van der Waals surface area contributed by atoms with Crippen LogP contribution in [0, 0.1) is 0 Å². The molecule has 1 aliphatic rings. The van der Waals surface area contributed by atoms with Crippen LogP contribution in [-0.2, 0) is 11.3 Å². The van der Waals surface area contributed by atoms with E-state index in [0.717, 1.165) is 19.7 Å². The summed E-state index contributed by atoms with van der Waals surface area (Å²) in [6.07, 6.45) is 2.64. The van der Waals surface area contributed by atoms with Crippen molar-refractivity contribution in [1.82, 2.24) is 5.32 Å². The first-order chi connectivity index (χ1) is 9.62. The van der Waals surface area contributed by atoms with Gasteiger partial charge >= 0.3 is 0 Å². The molecule has 0 saturated carbocycles. The molecule has 3 nitrogen and oxygen atoms in total. The average Bonchev–Trinajstić information content (AvgIpc) is 2.93. The van der Waals surface area contributed by atoms with Gasteiger partial charge in [-0.25, -0.2) is 0 Å². The van der Waals surface area contributed by atoms with E-state index in [4.69, 9.17) is 4.74 Å². The number of ether oxygens (including phenoxy) is 1. The third kappa shape index (κ3) is 4.22. The van der Waals surface area contributed by atoms with Crippen LogP contribution in [0.1, 0.15) is 39.2 Å². The van der Waals surface area contributed by atoms with Crippen molar-refractivity contribution in [3.05, 3.63) is 29.8 Å². The van der Waals surface area contributed by atoms with E-state index in [-0.39, 0.29) is 5.60 Å². The lowest BCUT2D eigenvalue weighted by atomic mass is 10.1. The van der Waals surface area contributed by atoms with Crippen molar-refractivity contribution in [1.29, 1.82) is 0 Å². The fourth-order valence-corrected chi connectivity index (χ4v) is 2.87. The van der Waals surface area contributed by atoms with E-state index in [2.05, 4.69) is 48.3 Å². The van der Waals surface area contributed by atoms with Gasteiger partial charge in [-0.2, -0.15) is 0 Å². The molecular formula is C17H28N2O. The maximum atomic E-state index is 5.72. The third-order valence-corrected chi connectivity index (χ3v) is 3.84. The molecule has 0 radical (unpaired) electrons. The summed E-state index contributed by atoms with van der Waals surface area (Å²) in [5.74, 6) is 0. The van der Waals surface area contributed by atoms with E-state index in [1.807, 2.05) is 6.92 Å². The predicted molar refractivity (Wildman–Crippen MR) is 85.3 cm³/mol. The van der Waals surface area contributed by atoms with E-state index < -0.39 is 0 Å². The largest absolute Gasteiger partial charge is 0.375 e. The zero-order valence-electron chi connectivity index (χ0n) is 13.1. The van der Waals surface area contributed by atoms with E-state index in [9.17, 15) is 0 Å². The lowest BCUT2D eigenvalue weighted by molar-refractivity contribution is -0.00897. The molecule has 0 bridgehead atoms. The molecule has 1 aromatic carbocycles. The van der Waals surface area contributed by atoms with Crippen molar-refractivity contribution in [3.63, 3.8) is 0 Å². The maximum Gasteiger partial charge on any atom is 0.0750 e. The van der Waals surface area contributed by atoms with Crippen LogP contribution in [0.5, 0.6) is 0 Å². The Morgan fingerprint density at radius 2 is 1.90 bits per heavy atom. The lowest BCUT2D eigenvalue weighted by Gasteiger charge is -2.26. The minimum Gasteiger partial charge on any atom is -0.375 e. The Bertz CT molecular complexity index is 411. The van der Waals surface area contributed by atoms with Crippen LogP contribution in [0.3, 0.4) is 0 Å². The fourth-order valence-electron chi connectivity index (χ4n) is 2.87. The van der Waals surface area contributed by atoms with Gasteiger partial charge in [-0.05, 0) is 45.2 Å². The number of nitrogens with zero attached hydrogens (tertiary/aromatic N) is 1. The smallest absolute Gasteiger partial charge is 0.0750 e. The molecular weight excluding hydrogens is 248 g/mol. The molecule has 1 heterocycles. The summed E-state index contributed by atoms with van der Waals surface area (Å²) >= 11 is 0. The molecule has 0 unspecified atom stereocenters. The Kier molecular flexibility index (Phi) is 5.44. The van der Waals surface area contributed by atoms with E-state index in [0.29, 0.717) is 0 Å². The van der Waals surface area contributed by atoms with Gasteiger partial charge in [0.05, 0.1) is 5.60 Å². The summed E-state index contributed by atoms with van der Waals surface area (Å²) in [5.41, 5.74) is 2.69. The highest BCUT2D eigenvalue weighted by atomic mass is 16.5. The maximum absolute atomic E-state index is 5.72. The second kappa shape index (κ2) is 7.09. The topological polar surface area (TPSA) is 24.5 Å². The highest BCUT2D eigenvalue weighted by Crippen LogP contribution is 2.24. The van der Waals surface area contributed by atoms with Gasteiger partial charge in [0.2, 0.25) is 0 Å². The number of hydrogen-bond donors (Lipinski definition) is 1. The number of benzene rings is 1. The van der Waals surface area contributed by atoms with Gasteiger partial charge in [-0.15, -0.1) is 0 Å². The molecule has 1 N–H and O–H groups in total. The van der Waals surface area contributed by atoms with Gasteiger partial charge in [0.25, 0.3) is 0 Å². The summed E-state index contributed by atoms with van der Waals surface area (Å²) in [6, 6.07) is 8.75. The van der Waals surface area contributed by atoms with E-state index in [1.54, 1.807) is 0 Å². The van der Waals surface area contributed by atoms with Crippen LogP contribution in [0.25, 0.3) is 0 Å². The lowest BCUT2D eigenvalue weighted by Crippen LogP contribution is -2.37. The monoisotopic (exact) mass is 276 g/mol. The Morgan fingerprint density at radius 3 is 2.60 bits per heavy atom. The fraction of sp³-hybridized carbons (Fsp3) is 0.647. The van der Waals surface area contributed by atoms with Gasteiger partial charge < -0.3 is 15.0 Å². The molecule has 20 heavy (non-hydrogen) atoms. The van der Waals surface area contributed by atoms with Gasteiger partial charge in [-0.1, -0.05) is 18.2 Å². The van der Waals surface area contributed by atoms with Crippen LogP contribution in [-0.4, -0.2) is 31.8 Å². The zero-order valence-corrected chi connectivity index (χ0v) is 13.1. The van der Waals surface area contributed by atoms with Crippen LogP contribution in [0.15, 0.2) is 24.3 Å². The summed E-state index contributed by atoms with van der Waals surface area (Å²) < 4.78 is 5.72. The van der Waals surface area contributed by atoms with Crippen molar-refractivity contribution >= 4 is 5.69 Å². The number of nitrogens with one attached hydrogen (secondary N) is 1. The molecule has 0 atom stereocenters. The molecule has 1 saturated heterocycles. The van der Waals surface area contributed by atoms with Crippen molar-refractivity contribution < 1.29 is 4.74 Å². The van der Waals surface area contributed by atoms with Gasteiger partial charge in [-0.3, -0.25) is 0 Å². The molecule has 0 aliphatic carbocycles. The quantitative estimate of drug-likeness (QED) is 0.828. The summed E-state index contributed by atoms with van der Waals surface area (Å²) in [7, 11) is 0. The van der Waals surface area contributed by atoms with Crippen LogP contribution in [0.2, 0.25) is 0 Å². The first-order valence-electron chi connectivity index (χ1n) is 7.80. The molecule has 1 aromatic rings. The van der Waals surface area contributed by atoms with Crippen molar-refractivity contribution in [3.8, 4) is 0 Å². The van der Waals surface area contributed by atoms with Gasteiger partial charge in [0, 0.05) is 38.5 Å². The normalized spacial score (nSPS) is 15.8. The average molecular weight is 276 g/mol. The first-order valence-corrected chi connectivity index (χ1v) is 7.80. The van der Waals surface area contributed by atoms with Crippen molar-refractivity contribution in [2.75, 3.05) is 31.1 Å². The molecule has 0 spiro atoms. The zero-order chi connectivity index (χ0) is 14.4. The Hall–Kier alpha value is -1.06. The Morgan fingerprint density at radius 1 is 1.20 bits per heavy atom. The minimum atomic E-state index is -0.0999. The Balaban J connectivity index is 1.92. The summed E-state index contributed by atoms with van der Waals surface area (Å²) in [5, 5.41) is 3.54. The highest BCUT2D eigenvalue weighted by molar-refractivity contribution is 5.54. The second-order valence-electron chi connectivity index (χ2n) is 6.12. The molecule has 0 aromatic heterocycles. The highest BCUT2D eigenvalue weighted by Gasteiger charge is 2.18. The van der Waals surface area contributed by atoms with E-state index >= 15 is 0 Å². The Labute approximate surface area is 123 Å². The third-order valence-electron chi connectivity index (χ3n) is 3.84. The number of hydrogen-bond acceptors (Lipinski definition) is 3. The predicted octanol–water partition coefficient (Wildman–Crippen LogP) is 3.19. The van der Waals surface area contributed by atoms with Crippen LogP contribution < -0.4 is 10.2 Å².